The number of alkyl halides is 1. The van der Waals surface area contributed by atoms with Gasteiger partial charge in [0.15, 0.2) is 0 Å². The Bertz CT molecular complexity index is 504. The maximum atomic E-state index is 11.9. The van der Waals surface area contributed by atoms with Crippen LogP contribution in [0.5, 0.6) is 11.5 Å². The Kier molecular flexibility index (Phi) is 7.85. The molecule has 1 rings (SSSR count). The Morgan fingerprint density at radius 1 is 1.14 bits per heavy atom. The van der Waals surface area contributed by atoms with Crippen LogP contribution in [0.15, 0.2) is 24.3 Å². The molecule has 0 aliphatic heterocycles. The number of ether oxygens (including phenoxy) is 2. The fraction of sp³-hybridized carbons (Fsp3) is 0.571. The minimum Gasteiger partial charge on any atom is -0.497 e. The second-order valence-corrected chi connectivity index (χ2v) is 7.13. The lowest BCUT2D eigenvalue weighted by Crippen LogP contribution is -2.32. The summed E-state index contributed by atoms with van der Waals surface area (Å²) >= 11 is 5.55. The number of unbranched alkanes of at least 4 members (excludes halogenated alkanes) is 1. The molecule has 1 aromatic carbocycles. The van der Waals surface area contributed by atoms with Crippen molar-refractivity contribution in [3.05, 3.63) is 24.3 Å². The molecular formula is C14H22ClNO4S. The molecule has 1 aromatic rings. The van der Waals surface area contributed by atoms with Crippen LogP contribution in [0.4, 0.5) is 0 Å². The summed E-state index contributed by atoms with van der Waals surface area (Å²) in [6.45, 7) is 0.618. The zero-order valence-corrected chi connectivity index (χ0v) is 14.0. The highest BCUT2D eigenvalue weighted by molar-refractivity contribution is 7.89. The smallest absolute Gasteiger partial charge is 0.213 e. The minimum absolute atomic E-state index is 0.124. The first kappa shape index (κ1) is 18.1. The third kappa shape index (κ3) is 6.54. The van der Waals surface area contributed by atoms with Crippen molar-refractivity contribution in [2.45, 2.75) is 12.8 Å². The average molecular weight is 336 g/mol. The molecule has 120 valence electrons. The second-order valence-electron chi connectivity index (χ2n) is 4.56. The van der Waals surface area contributed by atoms with Crippen molar-refractivity contribution in [2.24, 2.45) is 0 Å². The van der Waals surface area contributed by atoms with Crippen LogP contribution in [0.3, 0.4) is 0 Å². The number of methoxy groups -OCH3 is 1. The van der Waals surface area contributed by atoms with E-state index in [9.17, 15) is 8.42 Å². The van der Waals surface area contributed by atoms with E-state index in [1.54, 1.807) is 38.4 Å². The van der Waals surface area contributed by atoms with Crippen LogP contribution in [-0.4, -0.2) is 51.7 Å². The normalized spacial score (nSPS) is 11.6. The van der Waals surface area contributed by atoms with Crippen molar-refractivity contribution < 1.29 is 17.9 Å². The van der Waals surface area contributed by atoms with Gasteiger partial charge in [-0.15, -0.1) is 11.6 Å². The van der Waals surface area contributed by atoms with Crippen LogP contribution in [0.1, 0.15) is 12.8 Å². The Hall–Kier alpha value is -0.980. The Labute approximate surface area is 131 Å². The number of benzene rings is 1. The lowest BCUT2D eigenvalue weighted by molar-refractivity contribution is 0.286. The SMILES string of the molecule is COc1ccc(OCCN(C)S(=O)(=O)CCCCCl)cc1. The maximum Gasteiger partial charge on any atom is 0.213 e. The molecule has 0 amide bonds. The minimum atomic E-state index is -3.22. The monoisotopic (exact) mass is 335 g/mol. The molecule has 0 atom stereocenters. The topological polar surface area (TPSA) is 55.8 Å². The van der Waals surface area contributed by atoms with E-state index in [4.69, 9.17) is 21.1 Å². The van der Waals surface area contributed by atoms with E-state index in [-0.39, 0.29) is 5.75 Å². The third-order valence-corrected chi connectivity index (χ3v) is 5.20. The number of likely N-dealkylation sites (N-methyl/N-ethyl adjacent to an activating group) is 1. The Balaban J connectivity index is 2.36. The summed E-state index contributed by atoms with van der Waals surface area (Å²) in [5.74, 6) is 2.04. The van der Waals surface area contributed by atoms with E-state index < -0.39 is 10.0 Å². The molecular weight excluding hydrogens is 314 g/mol. The van der Waals surface area contributed by atoms with Crippen LogP contribution in [0, 0.1) is 0 Å². The molecule has 0 heterocycles. The number of sulfonamides is 1. The zero-order valence-electron chi connectivity index (χ0n) is 12.4. The van der Waals surface area contributed by atoms with Gasteiger partial charge in [0.05, 0.1) is 12.9 Å². The summed E-state index contributed by atoms with van der Waals surface area (Å²) in [7, 11) is -0.0629. The Morgan fingerprint density at radius 3 is 2.33 bits per heavy atom. The summed E-state index contributed by atoms with van der Waals surface area (Å²) < 4.78 is 35.8. The van der Waals surface area contributed by atoms with Gasteiger partial charge in [-0.2, -0.15) is 0 Å². The predicted molar refractivity (Wildman–Crippen MR) is 84.9 cm³/mol. The predicted octanol–water partition coefficient (Wildman–Crippen LogP) is 2.35. The van der Waals surface area contributed by atoms with Crippen LogP contribution in [0.25, 0.3) is 0 Å². The van der Waals surface area contributed by atoms with Crippen molar-refractivity contribution in [3.63, 3.8) is 0 Å². The highest BCUT2D eigenvalue weighted by Gasteiger charge is 2.16. The zero-order chi connectivity index (χ0) is 15.7. The standard InChI is InChI=1S/C14H22ClNO4S/c1-16(21(17,18)12-4-3-9-15)10-11-20-14-7-5-13(19-2)6-8-14/h5-8H,3-4,9-12H2,1-2H3. The van der Waals surface area contributed by atoms with Gasteiger partial charge in [0.1, 0.15) is 18.1 Å². The largest absolute Gasteiger partial charge is 0.497 e. The summed E-state index contributed by atoms with van der Waals surface area (Å²) in [4.78, 5) is 0. The highest BCUT2D eigenvalue weighted by atomic mass is 35.5. The van der Waals surface area contributed by atoms with Crippen molar-refractivity contribution in [3.8, 4) is 11.5 Å². The number of rotatable bonds is 10. The molecule has 0 aliphatic rings. The molecule has 7 heteroatoms. The molecule has 0 saturated heterocycles. The van der Waals surface area contributed by atoms with E-state index in [0.717, 1.165) is 5.75 Å². The van der Waals surface area contributed by atoms with Gasteiger partial charge in [0.25, 0.3) is 0 Å². The quantitative estimate of drug-likeness (QED) is 0.486. The lowest BCUT2D eigenvalue weighted by atomic mass is 10.3. The molecule has 0 saturated carbocycles. The summed E-state index contributed by atoms with van der Waals surface area (Å²) in [5.41, 5.74) is 0. The number of halogens is 1. The van der Waals surface area contributed by atoms with E-state index in [1.165, 1.54) is 4.31 Å². The van der Waals surface area contributed by atoms with E-state index in [0.29, 0.717) is 37.6 Å². The Morgan fingerprint density at radius 2 is 1.76 bits per heavy atom. The molecule has 0 aromatic heterocycles. The maximum absolute atomic E-state index is 11.9. The molecule has 0 unspecified atom stereocenters. The van der Waals surface area contributed by atoms with Gasteiger partial charge in [-0.1, -0.05) is 0 Å². The fourth-order valence-electron chi connectivity index (χ4n) is 1.64. The van der Waals surface area contributed by atoms with E-state index in [2.05, 4.69) is 0 Å². The number of hydrogen-bond acceptors (Lipinski definition) is 4. The van der Waals surface area contributed by atoms with Gasteiger partial charge >= 0.3 is 0 Å². The molecule has 0 radical (unpaired) electrons. The van der Waals surface area contributed by atoms with E-state index >= 15 is 0 Å². The molecule has 0 fully saturated rings. The van der Waals surface area contributed by atoms with Crippen molar-refractivity contribution in [1.82, 2.24) is 4.31 Å². The summed E-state index contributed by atoms with van der Waals surface area (Å²) in [6, 6.07) is 7.16. The molecule has 0 bridgehead atoms. The average Bonchev–Trinajstić information content (AvgIpc) is 2.48. The second kappa shape index (κ2) is 9.12. The molecule has 5 nitrogen and oxygen atoms in total. The van der Waals surface area contributed by atoms with Gasteiger partial charge < -0.3 is 9.47 Å². The molecule has 21 heavy (non-hydrogen) atoms. The van der Waals surface area contributed by atoms with Crippen molar-refractivity contribution >= 4 is 21.6 Å². The van der Waals surface area contributed by atoms with Gasteiger partial charge in [-0.05, 0) is 37.1 Å². The van der Waals surface area contributed by atoms with Crippen LogP contribution in [0.2, 0.25) is 0 Å². The first-order valence-electron chi connectivity index (χ1n) is 6.76. The molecule has 0 aliphatic carbocycles. The van der Waals surface area contributed by atoms with E-state index in [1.807, 2.05) is 0 Å². The number of nitrogens with zero attached hydrogens (tertiary/aromatic N) is 1. The van der Waals surface area contributed by atoms with Gasteiger partial charge in [-0.3, -0.25) is 0 Å². The molecule has 0 spiro atoms. The summed E-state index contributed by atoms with van der Waals surface area (Å²) in [6.07, 6.45) is 1.28. The van der Waals surface area contributed by atoms with Crippen LogP contribution >= 0.6 is 11.6 Å². The lowest BCUT2D eigenvalue weighted by Gasteiger charge is -2.17. The van der Waals surface area contributed by atoms with Crippen molar-refractivity contribution in [2.75, 3.05) is 38.9 Å². The van der Waals surface area contributed by atoms with Crippen LogP contribution in [-0.2, 0) is 10.0 Å². The van der Waals surface area contributed by atoms with Crippen LogP contribution < -0.4 is 9.47 Å². The highest BCUT2D eigenvalue weighted by Crippen LogP contribution is 2.17. The fourth-order valence-corrected chi connectivity index (χ4v) is 3.06. The van der Waals surface area contributed by atoms with Crippen molar-refractivity contribution in [1.29, 1.82) is 0 Å². The first-order valence-corrected chi connectivity index (χ1v) is 8.91. The first-order chi connectivity index (χ1) is 9.99. The third-order valence-electron chi connectivity index (χ3n) is 3.00. The summed E-state index contributed by atoms with van der Waals surface area (Å²) in [5, 5.41) is 0. The van der Waals surface area contributed by atoms with Gasteiger partial charge in [0, 0.05) is 19.5 Å². The van der Waals surface area contributed by atoms with Gasteiger partial charge in [0.2, 0.25) is 10.0 Å². The van der Waals surface area contributed by atoms with Gasteiger partial charge in [-0.25, -0.2) is 12.7 Å². The number of hydrogen-bond donors (Lipinski definition) is 0. The molecule has 0 N–H and O–H groups in total.